The summed E-state index contributed by atoms with van der Waals surface area (Å²) in [5.74, 6) is -1.29. The number of hydrogen-bond donors (Lipinski definition) is 1. The second-order valence-corrected chi connectivity index (χ2v) is 3.56. The summed E-state index contributed by atoms with van der Waals surface area (Å²) in [6, 6.07) is 4.12. The number of hydrogen-bond acceptors (Lipinski definition) is 2. The van der Waals surface area contributed by atoms with Crippen LogP contribution in [-0.2, 0) is 0 Å². The van der Waals surface area contributed by atoms with Crippen LogP contribution in [-0.4, -0.2) is 24.1 Å². The molecule has 0 bridgehead atoms. The van der Waals surface area contributed by atoms with E-state index in [0.717, 1.165) is 0 Å². The zero-order chi connectivity index (χ0) is 11.4. The number of carboxylic acid groups (broad SMARTS) is 1. The van der Waals surface area contributed by atoms with Crippen molar-refractivity contribution < 1.29 is 23.4 Å². The summed E-state index contributed by atoms with van der Waals surface area (Å²) >= 11 is 3.09. The molecule has 0 unspecified atom stereocenters. The molecule has 0 atom stereocenters. The third kappa shape index (κ3) is 3.47. The lowest BCUT2D eigenvalue weighted by Crippen LogP contribution is -2.10. The van der Waals surface area contributed by atoms with Gasteiger partial charge in [-0.15, -0.1) is 0 Å². The zero-order valence-corrected chi connectivity index (χ0v) is 9.00. The van der Waals surface area contributed by atoms with Gasteiger partial charge in [0.15, 0.2) is 0 Å². The van der Waals surface area contributed by atoms with Crippen LogP contribution in [0, 0.1) is 0 Å². The minimum Gasteiger partial charge on any atom is -0.487 e. The molecule has 15 heavy (non-hydrogen) atoms. The Morgan fingerprint density at radius 2 is 2.20 bits per heavy atom. The molecule has 0 radical (unpaired) electrons. The standard InChI is InChI=1S/C9H7BrF2O3/c10-5-1-2-6(9(13)14)7(3-5)15-4-8(11)12/h1-3,8H,4H2,(H,13,14). The van der Waals surface area contributed by atoms with Crippen molar-refractivity contribution in [1.29, 1.82) is 0 Å². The number of rotatable bonds is 4. The first-order valence-corrected chi connectivity index (χ1v) is 4.74. The van der Waals surface area contributed by atoms with Crippen LogP contribution in [0.2, 0.25) is 0 Å². The first kappa shape index (κ1) is 11.9. The predicted octanol–water partition coefficient (Wildman–Crippen LogP) is 2.79. The average molecular weight is 281 g/mol. The van der Waals surface area contributed by atoms with Crippen LogP contribution in [0.5, 0.6) is 5.75 Å². The maximum Gasteiger partial charge on any atom is 0.339 e. The molecule has 0 aliphatic heterocycles. The van der Waals surface area contributed by atoms with Crippen molar-refractivity contribution in [2.24, 2.45) is 0 Å². The topological polar surface area (TPSA) is 46.5 Å². The zero-order valence-electron chi connectivity index (χ0n) is 7.41. The van der Waals surface area contributed by atoms with Gasteiger partial charge in [0.25, 0.3) is 6.43 Å². The van der Waals surface area contributed by atoms with Gasteiger partial charge in [0.2, 0.25) is 0 Å². The number of halogens is 3. The number of aromatic carboxylic acids is 1. The number of carbonyl (C=O) groups is 1. The second-order valence-electron chi connectivity index (χ2n) is 2.65. The maximum absolute atomic E-state index is 11.9. The predicted molar refractivity (Wildman–Crippen MR) is 52.6 cm³/mol. The summed E-state index contributed by atoms with van der Waals surface area (Å²) < 4.78 is 29.0. The summed E-state index contributed by atoms with van der Waals surface area (Å²) in [6.07, 6.45) is -2.63. The third-order valence-corrected chi connectivity index (χ3v) is 2.03. The summed E-state index contributed by atoms with van der Waals surface area (Å²) in [6.45, 7) is -0.823. The lowest BCUT2D eigenvalue weighted by atomic mass is 10.2. The van der Waals surface area contributed by atoms with Crippen molar-refractivity contribution in [3.05, 3.63) is 28.2 Å². The van der Waals surface area contributed by atoms with Crippen LogP contribution in [0.4, 0.5) is 8.78 Å². The van der Waals surface area contributed by atoms with E-state index in [1.54, 1.807) is 0 Å². The largest absolute Gasteiger partial charge is 0.487 e. The Hall–Kier alpha value is -1.17. The molecule has 1 aromatic carbocycles. The fourth-order valence-electron chi connectivity index (χ4n) is 0.945. The molecule has 82 valence electrons. The van der Waals surface area contributed by atoms with Gasteiger partial charge in [0, 0.05) is 4.47 Å². The molecule has 0 aliphatic rings. The van der Waals surface area contributed by atoms with Crippen LogP contribution >= 0.6 is 15.9 Å². The van der Waals surface area contributed by atoms with E-state index in [0.29, 0.717) is 4.47 Å². The van der Waals surface area contributed by atoms with E-state index in [2.05, 4.69) is 20.7 Å². The molecule has 0 aromatic heterocycles. The van der Waals surface area contributed by atoms with Crippen LogP contribution < -0.4 is 4.74 Å². The van der Waals surface area contributed by atoms with Crippen LogP contribution in [0.3, 0.4) is 0 Å². The summed E-state index contributed by atoms with van der Waals surface area (Å²) in [5, 5.41) is 8.74. The van der Waals surface area contributed by atoms with Gasteiger partial charge in [-0.3, -0.25) is 0 Å². The number of alkyl halides is 2. The summed E-state index contributed by atoms with van der Waals surface area (Å²) in [4.78, 5) is 10.7. The van der Waals surface area contributed by atoms with E-state index in [1.807, 2.05) is 0 Å². The molecule has 0 spiro atoms. The van der Waals surface area contributed by atoms with Crippen molar-refractivity contribution in [1.82, 2.24) is 0 Å². The first-order chi connectivity index (χ1) is 7.00. The van der Waals surface area contributed by atoms with Gasteiger partial charge in [0.05, 0.1) is 0 Å². The number of benzene rings is 1. The highest BCUT2D eigenvalue weighted by Crippen LogP contribution is 2.24. The molecule has 6 heteroatoms. The molecule has 1 N–H and O–H groups in total. The molecule has 0 aliphatic carbocycles. The SMILES string of the molecule is O=C(O)c1ccc(Br)cc1OCC(F)F. The highest BCUT2D eigenvalue weighted by molar-refractivity contribution is 9.10. The van der Waals surface area contributed by atoms with Crippen molar-refractivity contribution in [2.75, 3.05) is 6.61 Å². The fraction of sp³-hybridized carbons (Fsp3) is 0.222. The molecule has 0 heterocycles. The van der Waals surface area contributed by atoms with Gasteiger partial charge in [-0.2, -0.15) is 0 Å². The highest BCUT2D eigenvalue weighted by atomic mass is 79.9. The Balaban J connectivity index is 2.92. The summed E-state index contributed by atoms with van der Waals surface area (Å²) in [5.41, 5.74) is -0.140. The van der Waals surface area contributed by atoms with Crippen molar-refractivity contribution >= 4 is 21.9 Å². The van der Waals surface area contributed by atoms with E-state index in [4.69, 9.17) is 5.11 Å². The third-order valence-electron chi connectivity index (χ3n) is 1.54. The minimum absolute atomic E-state index is 0.0721. The van der Waals surface area contributed by atoms with Gasteiger partial charge in [-0.25, -0.2) is 13.6 Å². The van der Waals surface area contributed by atoms with Crippen LogP contribution in [0.1, 0.15) is 10.4 Å². The summed E-state index contributed by atoms with van der Waals surface area (Å²) in [7, 11) is 0. The monoisotopic (exact) mass is 280 g/mol. The molecular weight excluding hydrogens is 274 g/mol. The molecule has 0 amide bonds. The van der Waals surface area contributed by atoms with E-state index < -0.39 is 19.0 Å². The molecule has 0 saturated heterocycles. The van der Waals surface area contributed by atoms with Crippen molar-refractivity contribution in [3.63, 3.8) is 0 Å². The number of ether oxygens (including phenoxy) is 1. The Morgan fingerprint density at radius 3 is 2.73 bits per heavy atom. The lowest BCUT2D eigenvalue weighted by Gasteiger charge is -2.08. The average Bonchev–Trinajstić information content (AvgIpc) is 2.14. The van der Waals surface area contributed by atoms with Gasteiger partial charge in [0.1, 0.15) is 17.9 Å². The molecule has 1 rings (SSSR count). The lowest BCUT2D eigenvalue weighted by molar-refractivity contribution is 0.0664. The van der Waals surface area contributed by atoms with Crippen molar-refractivity contribution in [2.45, 2.75) is 6.43 Å². The van der Waals surface area contributed by atoms with Gasteiger partial charge >= 0.3 is 5.97 Å². The normalized spacial score (nSPS) is 10.4. The smallest absolute Gasteiger partial charge is 0.339 e. The van der Waals surface area contributed by atoms with Crippen LogP contribution in [0.25, 0.3) is 0 Å². The Morgan fingerprint density at radius 1 is 1.53 bits per heavy atom. The minimum atomic E-state index is -2.63. The van der Waals surface area contributed by atoms with Gasteiger partial charge in [-0.05, 0) is 18.2 Å². The van der Waals surface area contributed by atoms with E-state index in [1.165, 1.54) is 18.2 Å². The molecule has 0 saturated carbocycles. The Kier molecular flexibility index (Phi) is 4.02. The molecule has 3 nitrogen and oxygen atoms in total. The van der Waals surface area contributed by atoms with E-state index in [9.17, 15) is 13.6 Å². The van der Waals surface area contributed by atoms with E-state index in [-0.39, 0.29) is 11.3 Å². The molecule has 1 aromatic rings. The quantitative estimate of drug-likeness (QED) is 0.923. The first-order valence-electron chi connectivity index (χ1n) is 3.94. The van der Waals surface area contributed by atoms with Gasteiger partial charge in [-0.1, -0.05) is 15.9 Å². The molecule has 0 fully saturated rings. The Labute approximate surface area is 92.8 Å². The van der Waals surface area contributed by atoms with Crippen LogP contribution in [0.15, 0.2) is 22.7 Å². The number of carboxylic acids is 1. The Bertz CT molecular complexity index is 368. The van der Waals surface area contributed by atoms with Crippen molar-refractivity contribution in [3.8, 4) is 5.75 Å². The second kappa shape index (κ2) is 5.06. The van der Waals surface area contributed by atoms with Gasteiger partial charge < -0.3 is 9.84 Å². The van der Waals surface area contributed by atoms with E-state index >= 15 is 0 Å². The molecular formula is C9H7BrF2O3. The maximum atomic E-state index is 11.9. The fourth-order valence-corrected chi connectivity index (χ4v) is 1.29. The highest BCUT2D eigenvalue weighted by Gasteiger charge is 2.13.